The molecule has 0 amide bonds. The molecular formula is C21H24CoN3. The average Bonchev–Trinajstić information content (AvgIpc) is 2.71. The zero-order valence-corrected chi connectivity index (χ0v) is 15.2. The molecule has 0 unspecified atom stereocenters. The van der Waals surface area contributed by atoms with Crippen LogP contribution in [-0.2, 0) is 36.4 Å². The molecular weight excluding hydrogens is 353 g/mol. The van der Waals surface area contributed by atoms with Gasteiger partial charge < -0.3 is 17.2 Å². The predicted molar refractivity (Wildman–Crippen MR) is 99.5 cm³/mol. The van der Waals surface area contributed by atoms with Gasteiger partial charge in [0.05, 0.1) is 0 Å². The van der Waals surface area contributed by atoms with Gasteiger partial charge in [-0.1, -0.05) is 0 Å². The van der Waals surface area contributed by atoms with Crippen LogP contribution in [0.3, 0.4) is 0 Å². The molecule has 0 aliphatic heterocycles. The Bertz CT molecular complexity index is 537. The van der Waals surface area contributed by atoms with E-state index in [9.17, 15) is 0 Å². The monoisotopic (exact) mass is 377 g/mol. The Kier molecular flexibility index (Phi) is 14.4. The van der Waals surface area contributed by atoms with E-state index >= 15 is 0 Å². The van der Waals surface area contributed by atoms with Gasteiger partial charge in [-0.2, -0.15) is 91.0 Å². The number of hydrogen-bond donors (Lipinski definition) is 3. The summed E-state index contributed by atoms with van der Waals surface area (Å²) in [7, 11) is 0. The molecule has 6 N–H and O–H groups in total. The van der Waals surface area contributed by atoms with E-state index in [4.69, 9.17) is 17.2 Å². The topological polar surface area (TPSA) is 78.1 Å². The number of rotatable bonds is 3. The van der Waals surface area contributed by atoms with E-state index in [1.54, 1.807) is 0 Å². The SMILES string of the molecule is NCc1[c-]cccc1.NCc1[c-]cccc1.NCc1[c-]cccc1.[Co+3]. The molecule has 3 nitrogen and oxygen atoms in total. The molecule has 0 aliphatic rings. The van der Waals surface area contributed by atoms with Gasteiger partial charge in [0.15, 0.2) is 0 Å². The molecule has 0 aliphatic carbocycles. The Hall–Kier alpha value is -1.95. The Morgan fingerprint density at radius 2 is 0.800 bits per heavy atom. The predicted octanol–water partition coefficient (Wildman–Crippen LogP) is 2.83. The molecule has 0 saturated carbocycles. The van der Waals surface area contributed by atoms with Crippen LogP contribution >= 0.6 is 0 Å². The summed E-state index contributed by atoms with van der Waals surface area (Å²) in [6, 6.07) is 32.1. The number of benzene rings is 3. The van der Waals surface area contributed by atoms with Crippen molar-refractivity contribution >= 4 is 0 Å². The van der Waals surface area contributed by atoms with E-state index in [2.05, 4.69) is 18.2 Å². The largest absolute Gasteiger partial charge is 3.00 e. The minimum atomic E-state index is 0. The maximum absolute atomic E-state index is 5.32. The van der Waals surface area contributed by atoms with Crippen LogP contribution in [0.25, 0.3) is 0 Å². The first-order chi connectivity index (χ1) is 11.8. The van der Waals surface area contributed by atoms with Crippen molar-refractivity contribution in [2.45, 2.75) is 19.6 Å². The van der Waals surface area contributed by atoms with Crippen molar-refractivity contribution in [1.29, 1.82) is 0 Å². The first-order valence-electron chi connectivity index (χ1n) is 7.77. The third-order valence-corrected chi connectivity index (χ3v) is 2.98. The molecule has 132 valence electrons. The van der Waals surface area contributed by atoms with Crippen LogP contribution in [-0.4, -0.2) is 0 Å². The molecule has 0 radical (unpaired) electrons. The second kappa shape index (κ2) is 15.6. The minimum absolute atomic E-state index is 0. The van der Waals surface area contributed by atoms with Crippen molar-refractivity contribution < 1.29 is 16.8 Å². The van der Waals surface area contributed by atoms with Gasteiger partial charge in [-0.3, -0.25) is 0 Å². The van der Waals surface area contributed by atoms with Crippen LogP contribution in [0.1, 0.15) is 16.7 Å². The zero-order chi connectivity index (χ0) is 17.5. The van der Waals surface area contributed by atoms with E-state index in [0.29, 0.717) is 19.6 Å². The summed E-state index contributed by atoms with van der Waals surface area (Å²) in [4.78, 5) is 0. The summed E-state index contributed by atoms with van der Waals surface area (Å²) in [5, 5.41) is 0. The standard InChI is InChI=1S/3C7H8N.Co/c3*8-6-7-4-2-1-3-5-7;/h3*1-4H,6,8H2;/q3*-1;+3. The normalized spacial score (nSPS) is 8.76. The van der Waals surface area contributed by atoms with Crippen LogP contribution < -0.4 is 17.2 Å². The van der Waals surface area contributed by atoms with Crippen molar-refractivity contribution in [1.82, 2.24) is 0 Å². The van der Waals surface area contributed by atoms with E-state index in [1.807, 2.05) is 72.8 Å². The fraction of sp³-hybridized carbons (Fsp3) is 0.143. The van der Waals surface area contributed by atoms with Gasteiger partial charge in [0, 0.05) is 0 Å². The molecule has 3 aromatic carbocycles. The van der Waals surface area contributed by atoms with E-state index in [1.165, 1.54) is 0 Å². The fourth-order valence-corrected chi connectivity index (χ4v) is 1.67. The Labute approximate surface area is 161 Å². The summed E-state index contributed by atoms with van der Waals surface area (Å²) >= 11 is 0. The van der Waals surface area contributed by atoms with Gasteiger partial charge in [-0.15, -0.1) is 16.7 Å². The zero-order valence-electron chi connectivity index (χ0n) is 14.1. The summed E-state index contributed by atoms with van der Waals surface area (Å²) in [6.45, 7) is 1.75. The van der Waals surface area contributed by atoms with Crippen molar-refractivity contribution in [3.05, 3.63) is 108 Å². The van der Waals surface area contributed by atoms with Crippen molar-refractivity contribution in [3.63, 3.8) is 0 Å². The molecule has 0 aromatic heterocycles. The second-order valence-electron chi connectivity index (χ2n) is 4.78. The van der Waals surface area contributed by atoms with Crippen molar-refractivity contribution in [2.24, 2.45) is 17.2 Å². The Morgan fingerprint density at radius 3 is 0.920 bits per heavy atom. The first kappa shape index (κ1) is 23.0. The molecule has 0 heterocycles. The molecule has 0 saturated heterocycles. The summed E-state index contributed by atoms with van der Waals surface area (Å²) in [5.74, 6) is 0. The molecule has 3 rings (SSSR count). The van der Waals surface area contributed by atoms with Gasteiger partial charge in [0.2, 0.25) is 0 Å². The fourth-order valence-electron chi connectivity index (χ4n) is 1.67. The maximum atomic E-state index is 5.32. The molecule has 3 aromatic rings. The number of nitrogens with two attached hydrogens (primary N) is 3. The summed E-state index contributed by atoms with van der Waals surface area (Å²) < 4.78 is 0. The quantitative estimate of drug-likeness (QED) is 0.614. The smallest absolute Gasteiger partial charge is 0.328 e. The van der Waals surface area contributed by atoms with Crippen molar-refractivity contribution in [3.8, 4) is 0 Å². The Morgan fingerprint density at radius 1 is 0.520 bits per heavy atom. The van der Waals surface area contributed by atoms with Gasteiger partial charge >= 0.3 is 16.8 Å². The Balaban J connectivity index is 0.000000339. The van der Waals surface area contributed by atoms with Crippen LogP contribution in [0.5, 0.6) is 0 Å². The third kappa shape index (κ3) is 11.3. The van der Waals surface area contributed by atoms with Crippen LogP contribution in [0.4, 0.5) is 0 Å². The summed E-state index contributed by atoms with van der Waals surface area (Å²) in [6.07, 6.45) is 0. The van der Waals surface area contributed by atoms with Gasteiger partial charge in [-0.05, 0) is 19.6 Å². The van der Waals surface area contributed by atoms with Gasteiger partial charge in [0.1, 0.15) is 0 Å². The van der Waals surface area contributed by atoms with Crippen LogP contribution in [0, 0.1) is 18.2 Å². The third-order valence-electron chi connectivity index (χ3n) is 2.98. The van der Waals surface area contributed by atoms with Crippen molar-refractivity contribution in [2.75, 3.05) is 0 Å². The van der Waals surface area contributed by atoms with E-state index < -0.39 is 0 Å². The number of hydrogen-bond acceptors (Lipinski definition) is 3. The van der Waals surface area contributed by atoms with E-state index in [-0.39, 0.29) is 16.8 Å². The minimum Gasteiger partial charge on any atom is -0.328 e. The summed E-state index contributed by atoms with van der Waals surface area (Å²) in [5.41, 5.74) is 19.1. The molecule has 0 atom stereocenters. The maximum Gasteiger partial charge on any atom is 3.00 e. The molecule has 0 spiro atoms. The molecule has 0 bridgehead atoms. The van der Waals surface area contributed by atoms with Crippen LogP contribution in [0.15, 0.2) is 72.8 Å². The average molecular weight is 377 g/mol. The van der Waals surface area contributed by atoms with E-state index in [0.717, 1.165) is 16.7 Å². The molecule has 4 heteroatoms. The molecule has 0 fully saturated rings. The second-order valence-corrected chi connectivity index (χ2v) is 4.78. The van der Waals surface area contributed by atoms with Crippen LogP contribution in [0.2, 0.25) is 0 Å². The first-order valence-corrected chi connectivity index (χ1v) is 7.77. The molecule has 25 heavy (non-hydrogen) atoms. The van der Waals surface area contributed by atoms with Gasteiger partial charge in [-0.25, -0.2) is 0 Å². The van der Waals surface area contributed by atoms with Gasteiger partial charge in [0.25, 0.3) is 0 Å².